The molecule has 0 saturated heterocycles. The molecule has 0 nitrogen and oxygen atoms in total. The van der Waals surface area contributed by atoms with Gasteiger partial charge in [0.2, 0.25) is 0 Å². The second-order valence-corrected chi connectivity index (χ2v) is 7.42. The second kappa shape index (κ2) is 12.7. The van der Waals surface area contributed by atoms with Crippen molar-refractivity contribution in [3.8, 4) is 0 Å². The molecule has 0 radical (unpaired) electrons. The monoisotopic (exact) mass is 282 g/mol. The molecule has 0 amide bonds. The molecule has 0 spiro atoms. The highest BCUT2D eigenvalue weighted by molar-refractivity contribution is 4.74. The van der Waals surface area contributed by atoms with Gasteiger partial charge in [-0.3, -0.25) is 0 Å². The van der Waals surface area contributed by atoms with Crippen molar-refractivity contribution >= 4 is 0 Å². The highest BCUT2D eigenvalue weighted by Crippen LogP contribution is 2.34. The minimum Gasteiger partial charge on any atom is -0.0654 e. The van der Waals surface area contributed by atoms with Gasteiger partial charge in [0, 0.05) is 0 Å². The first kappa shape index (κ1) is 20.0. The Labute approximate surface area is 130 Å². The van der Waals surface area contributed by atoms with Crippen LogP contribution in [0.5, 0.6) is 0 Å². The molecule has 0 aromatic carbocycles. The van der Waals surface area contributed by atoms with E-state index in [1.807, 2.05) is 0 Å². The van der Waals surface area contributed by atoms with Gasteiger partial charge in [-0.15, -0.1) is 0 Å². The fourth-order valence-electron chi connectivity index (χ4n) is 3.70. The molecule has 0 saturated carbocycles. The van der Waals surface area contributed by atoms with E-state index in [9.17, 15) is 0 Å². The Bertz CT molecular complexity index is 194. The molecule has 0 aliphatic carbocycles. The van der Waals surface area contributed by atoms with Crippen molar-refractivity contribution in [1.82, 2.24) is 0 Å². The van der Waals surface area contributed by atoms with Gasteiger partial charge in [-0.25, -0.2) is 0 Å². The lowest BCUT2D eigenvalue weighted by atomic mass is 9.74. The van der Waals surface area contributed by atoms with E-state index in [-0.39, 0.29) is 0 Å². The van der Waals surface area contributed by atoms with E-state index in [4.69, 9.17) is 0 Å². The highest BCUT2D eigenvalue weighted by Gasteiger charge is 2.23. The molecular weight excluding hydrogens is 240 g/mol. The van der Waals surface area contributed by atoms with Crippen molar-refractivity contribution in [2.75, 3.05) is 0 Å². The molecule has 0 bridgehead atoms. The third-order valence-corrected chi connectivity index (χ3v) is 5.09. The first-order chi connectivity index (χ1) is 9.56. The number of unbranched alkanes of at least 4 members (excludes halogenated alkanes) is 2. The van der Waals surface area contributed by atoms with Gasteiger partial charge >= 0.3 is 0 Å². The fourth-order valence-corrected chi connectivity index (χ4v) is 3.70. The first-order valence-electron chi connectivity index (χ1n) is 9.56. The third-order valence-electron chi connectivity index (χ3n) is 5.09. The molecule has 0 aromatic heterocycles. The van der Waals surface area contributed by atoms with Gasteiger partial charge < -0.3 is 0 Å². The molecular formula is C20H42. The van der Waals surface area contributed by atoms with Crippen molar-refractivity contribution in [3.63, 3.8) is 0 Å². The topological polar surface area (TPSA) is 0 Å². The molecule has 0 rings (SSSR count). The van der Waals surface area contributed by atoms with Crippen LogP contribution in [0.2, 0.25) is 0 Å². The molecule has 20 heavy (non-hydrogen) atoms. The Morgan fingerprint density at radius 2 is 1.20 bits per heavy atom. The van der Waals surface area contributed by atoms with E-state index in [0.29, 0.717) is 0 Å². The molecule has 0 heteroatoms. The number of hydrogen-bond acceptors (Lipinski definition) is 0. The van der Waals surface area contributed by atoms with Crippen LogP contribution in [0.25, 0.3) is 0 Å². The predicted molar refractivity (Wildman–Crippen MR) is 94.2 cm³/mol. The molecule has 0 aromatic rings. The van der Waals surface area contributed by atoms with Crippen LogP contribution in [0.3, 0.4) is 0 Å². The van der Waals surface area contributed by atoms with E-state index >= 15 is 0 Å². The Hall–Kier alpha value is 0. The lowest BCUT2D eigenvalue weighted by Crippen LogP contribution is -2.21. The Morgan fingerprint density at radius 3 is 1.70 bits per heavy atom. The van der Waals surface area contributed by atoms with Gasteiger partial charge in [0.05, 0.1) is 0 Å². The Kier molecular flexibility index (Phi) is 12.7. The Morgan fingerprint density at radius 1 is 0.600 bits per heavy atom. The van der Waals surface area contributed by atoms with E-state index in [1.54, 1.807) is 0 Å². The maximum Gasteiger partial charge on any atom is -0.0363 e. The summed E-state index contributed by atoms with van der Waals surface area (Å²) in [4.78, 5) is 0. The molecule has 0 heterocycles. The van der Waals surface area contributed by atoms with Crippen LogP contribution in [0.1, 0.15) is 106 Å². The zero-order valence-corrected chi connectivity index (χ0v) is 15.4. The van der Waals surface area contributed by atoms with E-state index in [2.05, 4.69) is 41.5 Å². The maximum absolute atomic E-state index is 2.47. The fraction of sp³-hybridized carbons (Fsp3) is 1.00. The average Bonchev–Trinajstić information content (AvgIpc) is 2.42. The van der Waals surface area contributed by atoms with E-state index in [0.717, 1.165) is 23.7 Å². The lowest BCUT2D eigenvalue weighted by Gasteiger charge is -2.31. The van der Waals surface area contributed by atoms with Gasteiger partial charge in [-0.05, 0) is 30.1 Å². The van der Waals surface area contributed by atoms with E-state index < -0.39 is 0 Å². The summed E-state index contributed by atoms with van der Waals surface area (Å²) in [6, 6.07) is 0. The summed E-state index contributed by atoms with van der Waals surface area (Å²) < 4.78 is 0. The zero-order chi connectivity index (χ0) is 15.4. The van der Waals surface area contributed by atoms with Crippen molar-refractivity contribution in [2.45, 2.75) is 106 Å². The lowest BCUT2D eigenvalue weighted by molar-refractivity contribution is 0.194. The van der Waals surface area contributed by atoms with Gasteiger partial charge in [0.25, 0.3) is 0 Å². The summed E-state index contributed by atoms with van der Waals surface area (Å²) in [6.45, 7) is 14.4. The first-order valence-corrected chi connectivity index (χ1v) is 9.56. The second-order valence-electron chi connectivity index (χ2n) is 7.42. The smallest absolute Gasteiger partial charge is 0.0363 e. The summed E-state index contributed by atoms with van der Waals surface area (Å²) >= 11 is 0. The van der Waals surface area contributed by atoms with Crippen molar-refractivity contribution in [1.29, 1.82) is 0 Å². The molecule has 0 aliphatic rings. The standard InChI is InChI=1S/C20H42/c1-7-10-13-18(6)15-16-20(17(4)5)19(12-9-3)14-11-8-2/h17-20H,7-16H2,1-6H3. The van der Waals surface area contributed by atoms with Gasteiger partial charge in [0.15, 0.2) is 0 Å². The van der Waals surface area contributed by atoms with Crippen LogP contribution < -0.4 is 0 Å². The van der Waals surface area contributed by atoms with Crippen molar-refractivity contribution in [2.24, 2.45) is 23.7 Å². The van der Waals surface area contributed by atoms with Crippen LogP contribution >= 0.6 is 0 Å². The molecule has 3 unspecified atom stereocenters. The molecule has 3 atom stereocenters. The summed E-state index contributed by atoms with van der Waals surface area (Å²) in [5.74, 6) is 3.75. The molecule has 0 fully saturated rings. The van der Waals surface area contributed by atoms with E-state index in [1.165, 1.54) is 64.2 Å². The minimum atomic E-state index is 0.863. The van der Waals surface area contributed by atoms with Crippen molar-refractivity contribution in [3.05, 3.63) is 0 Å². The summed E-state index contributed by atoms with van der Waals surface area (Å²) in [5, 5.41) is 0. The van der Waals surface area contributed by atoms with Gasteiger partial charge in [-0.1, -0.05) is 99.3 Å². The predicted octanol–water partition coefficient (Wildman–Crippen LogP) is 7.47. The Balaban J connectivity index is 4.34. The molecule has 0 N–H and O–H groups in total. The van der Waals surface area contributed by atoms with Crippen LogP contribution in [-0.2, 0) is 0 Å². The van der Waals surface area contributed by atoms with Crippen LogP contribution in [0, 0.1) is 23.7 Å². The summed E-state index contributed by atoms with van der Waals surface area (Å²) in [5.41, 5.74) is 0. The zero-order valence-electron chi connectivity index (χ0n) is 15.4. The molecule has 0 aliphatic heterocycles. The number of rotatable bonds is 13. The number of hydrogen-bond donors (Lipinski definition) is 0. The SMILES string of the molecule is CCCCC(C)CCC(C(C)C)C(CCC)CCCC. The quantitative estimate of drug-likeness (QED) is 0.328. The average molecular weight is 283 g/mol. The minimum absolute atomic E-state index is 0.863. The normalized spacial score (nSPS) is 16.4. The maximum atomic E-state index is 2.47. The van der Waals surface area contributed by atoms with Crippen LogP contribution in [0.4, 0.5) is 0 Å². The van der Waals surface area contributed by atoms with Gasteiger partial charge in [-0.2, -0.15) is 0 Å². The highest BCUT2D eigenvalue weighted by atomic mass is 14.3. The summed E-state index contributed by atoms with van der Waals surface area (Å²) in [7, 11) is 0. The summed E-state index contributed by atoms with van der Waals surface area (Å²) in [6.07, 6.45) is 14.2. The largest absolute Gasteiger partial charge is 0.0654 e. The van der Waals surface area contributed by atoms with Crippen LogP contribution in [-0.4, -0.2) is 0 Å². The van der Waals surface area contributed by atoms with Crippen molar-refractivity contribution < 1.29 is 0 Å². The van der Waals surface area contributed by atoms with Gasteiger partial charge in [0.1, 0.15) is 0 Å². The molecule has 122 valence electrons. The van der Waals surface area contributed by atoms with Crippen LogP contribution in [0.15, 0.2) is 0 Å². The third kappa shape index (κ3) is 9.03.